The van der Waals surface area contributed by atoms with Crippen LogP contribution >= 0.6 is 0 Å². The fourth-order valence-corrected chi connectivity index (χ4v) is 2.46. The van der Waals surface area contributed by atoms with Crippen LogP contribution in [0.15, 0.2) is 24.3 Å². The van der Waals surface area contributed by atoms with Crippen LogP contribution < -0.4 is 0 Å². The van der Waals surface area contributed by atoms with Gasteiger partial charge in [0, 0.05) is 23.1 Å². The van der Waals surface area contributed by atoms with Crippen LogP contribution in [0.5, 0.6) is 0 Å². The van der Waals surface area contributed by atoms with Crippen molar-refractivity contribution in [3.63, 3.8) is 0 Å². The third kappa shape index (κ3) is 1.30. The fraction of sp³-hybridized carbons (Fsp3) is 0.231. The fourth-order valence-electron chi connectivity index (χ4n) is 2.46. The van der Waals surface area contributed by atoms with Crippen LogP contribution in [0, 0.1) is 0 Å². The Morgan fingerprint density at radius 1 is 1.29 bits per heavy atom. The van der Waals surface area contributed by atoms with Crippen molar-refractivity contribution in [2.24, 2.45) is 0 Å². The standard InChI is InChI=1S/C13H11NO3/c1-2-14-9-6-4-3-5-8(9)12-10(14)7-11(15)17-13(12)16/h3-6H,2,7H2,1H3. The summed E-state index contributed by atoms with van der Waals surface area (Å²) in [4.78, 5) is 23.1. The van der Waals surface area contributed by atoms with Gasteiger partial charge in [0.1, 0.15) is 0 Å². The van der Waals surface area contributed by atoms with Crippen molar-refractivity contribution in [1.29, 1.82) is 0 Å². The highest BCUT2D eigenvalue weighted by Gasteiger charge is 2.30. The maximum absolute atomic E-state index is 11.8. The molecule has 86 valence electrons. The second-order valence-electron chi connectivity index (χ2n) is 4.02. The third-order valence-electron chi connectivity index (χ3n) is 3.12. The molecule has 0 N–H and O–H groups in total. The van der Waals surface area contributed by atoms with E-state index in [9.17, 15) is 9.59 Å². The molecule has 1 aromatic heterocycles. The third-order valence-corrected chi connectivity index (χ3v) is 3.12. The lowest BCUT2D eigenvalue weighted by Gasteiger charge is -2.13. The Labute approximate surface area is 97.8 Å². The largest absolute Gasteiger partial charge is 0.389 e. The molecule has 1 aliphatic rings. The van der Waals surface area contributed by atoms with E-state index in [0.29, 0.717) is 5.56 Å². The van der Waals surface area contributed by atoms with Crippen molar-refractivity contribution in [2.75, 3.05) is 0 Å². The lowest BCUT2D eigenvalue weighted by atomic mass is 10.1. The van der Waals surface area contributed by atoms with Gasteiger partial charge in [-0.15, -0.1) is 0 Å². The van der Waals surface area contributed by atoms with Gasteiger partial charge in [0.15, 0.2) is 0 Å². The molecule has 2 heterocycles. The van der Waals surface area contributed by atoms with E-state index in [1.165, 1.54) is 0 Å². The maximum atomic E-state index is 11.8. The van der Waals surface area contributed by atoms with Crippen molar-refractivity contribution in [2.45, 2.75) is 19.9 Å². The van der Waals surface area contributed by atoms with Crippen LogP contribution in [0.4, 0.5) is 0 Å². The van der Waals surface area contributed by atoms with Crippen LogP contribution in [-0.2, 0) is 22.5 Å². The van der Waals surface area contributed by atoms with Crippen molar-refractivity contribution >= 4 is 22.8 Å². The molecule has 0 atom stereocenters. The molecule has 1 aliphatic heterocycles. The molecule has 0 radical (unpaired) electrons. The number of rotatable bonds is 1. The summed E-state index contributed by atoms with van der Waals surface area (Å²) in [5.41, 5.74) is 2.30. The van der Waals surface area contributed by atoms with Gasteiger partial charge in [-0.05, 0) is 13.0 Å². The van der Waals surface area contributed by atoms with Gasteiger partial charge < -0.3 is 9.30 Å². The predicted octanol–water partition coefficient (Wildman–Crippen LogP) is 1.90. The number of carbonyl (C=O) groups is 2. The van der Waals surface area contributed by atoms with Gasteiger partial charge in [-0.2, -0.15) is 0 Å². The molecular formula is C13H11NO3. The maximum Gasteiger partial charge on any atom is 0.348 e. The molecule has 1 aromatic carbocycles. The predicted molar refractivity (Wildman–Crippen MR) is 61.7 cm³/mol. The van der Waals surface area contributed by atoms with E-state index in [-0.39, 0.29) is 6.42 Å². The van der Waals surface area contributed by atoms with Gasteiger partial charge in [-0.1, -0.05) is 18.2 Å². The minimum Gasteiger partial charge on any atom is -0.389 e. The Morgan fingerprint density at radius 3 is 2.82 bits per heavy atom. The Bertz CT molecular complexity index is 639. The lowest BCUT2D eigenvalue weighted by Crippen LogP contribution is -2.24. The Morgan fingerprint density at radius 2 is 2.06 bits per heavy atom. The normalized spacial score (nSPS) is 14.9. The number of hydrogen-bond acceptors (Lipinski definition) is 3. The summed E-state index contributed by atoms with van der Waals surface area (Å²) in [6.45, 7) is 2.73. The van der Waals surface area contributed by atoms with E-state index in [2.05, 4.69) is 4.74 Å². The zero-order chi connectivity index (χ0) is 12.0. The molecule has 3 rings (SSSR count). The summed E-state index contributed by atoms with van der Waals surface area (Å²) in [6.07, 6.45) is 0.170. The van der Waals surface area contributed by atoms with Crippen LogP contribution in [0.25, 0.3) is 10.9 Å². The van der Waals surface area contributed by atoms with Crippen molar-refractivity contribution in [3.05, 3.63) is 35.5 Å². The Kier molecular flexibility index (Phi) is 2.04. The van der Waals surface area contributed by atoms with Crippen molar-refractivity contribution in [3.8, 4) is 0 Å². The molecular weight excluding hydrogens is 218 g/mol. The Balaban J connectivity index is 2.42. The number of cyclic esters (lactones) is 2. The van der Waals surface area contributed by atoms with Crippen molar-refractivity contribution < 1.29 is 14.3 Å². The zero-order valence-corrected chi connectivity index (χ0v) is 9.40. The van der Waals surface area contributed by atoms with Crippen LogP contribution in [-0.4, -0.2) is 16.5 Å². The topological polar surface area (TPSA) is 48.3 Å². The number of fused-ring (bicyclic) bond motifs is 3. The van der Waals surface area contributed by atoms with Crippen LogP contribution in [0.2, 0.25) is 0 Å². The SMILES string of the molecule is CCn1c2c(c3ccccc31)C(=O)OC(=O)C2. The number of nitrogens with zero attached hydrogens (tertiary/aromatic N) is 1. The number of aromatic nitrogens is 1. The van der Waals surface area contributed by atoms with Gasteiger partial charge in [0.2, 0.25) is 0 Å². The van der Waals surface area contributed by atoms with Crippen molar-refractivity contribution in [1.82, 2.24) is 4.57 Å². The number of para-hydroxylation sites is 1. The monoisotopic (exact) mass is 229 g/mol. The van der Waals surface area contributed by atoms with E-state index >= 15 is 0 Å². The molecule has 0 saturated carbocycles. The molecule has 0 spiro atoms. The quantitative estimate of drug-likeness (QED) is 0.554. The van der Waals surface area contributed by atoms with Crippen LogP contribution in [0.3, 0.4) is 0 Å². The number of esters is 2. The zero-order valence-electron chi connectivity index (χ0n) is 9.40. The molecule has 2 aromatic rings. The summed E-state index contributed by atoms with van der Waals surface area (Å²) >= 11 is 0. The summed E-state index contributed by atoms with van der Waals surface area (Å²) in [5, 5.41) is 0.863. The molecule has 0 fully saturated rings. The second-order valence-corrected chi connectivity index (χ2v) is 4.02. The number of benzene rings is 1. The average Bonchev–Trinajstić information content (AvgIpc) is 2.62. The molecule has 0 bridgehead atoms. The van der Waals surface area contributed by atoms with E-state index in [4.69, 9.17) is 0 Å². The first-order valence-corrected chi connectivity index (χ1v) is 5.57. The Hall–Kier alpha value is -2.10. The first-order valence-electron chi connectivity index (χ1n) is 5.57. The number of carbonyl (C=O) groups excluding carboxylic acids is 2. The minimum atomic E-state index is -0.528. The average molecular weight is 229 g/mol. The highest BCUT2D eigenvalue weighted by Crippen LogP contribution is 2.30. The summed E-state index contributed by atoms with van der Waals surface area (Å²) < 4.78 is 6.69. The molecule has 4 nitrogen and oxygen atoms in total. The van der Waals surface area contributed by atoms with Gasteiger partial charge in [-0.25, -0.2) is 4.79 Å². The summed E-state index contributed by atoms with van der Waals surface area (Å²) in [7, 11) is 0. The van der Waals surface area contributed by atoms with Gasteiger partial charge in [0.05, 0.1) is 12.0 Å². The lowest BCUT2D eigenvalue weighted by molar-refractivity contribution is -0.137. The smallest absolute Gasteiger partial charge is 0.348 e. The molecule has 0 unspecified atom stereocenters. The van der Waals surface area contributed by atoms with E-state index < -0.39 is 11.9 Å². The summed E-state index contributed by atoms with van der Waals surface area (Å²) in [5.74, 6) is -1.00. The summed E-state index contributed by atoms with van der Waals surface area (Å²) in [6, 6.07) is 7.64. The molecule has 4 heteroatoms. The van der Waals surface area contributed by atoms with Gasteiger partial charge in [-0.3, -0.25) is 4.79 Å². The molecule has 17 heavy (non-hydrogen) atoms. The van der Waals surface area contributed by atoms with Crippen LogP contribution in [0.1, 0.15) is 23.0 Å². The number of ether oxygens (including phenoxy) is 1. The minimum absolute atomic E-state index is 0.170. The first-order chi connectivity index (χ1) is 8.22. The first kappa shape index (κ1) is 10.1. The second kappa shape index (κ2) is 3.45. The van der Waals surface area contributed by atoms with E-state index in [1.807, 2.05) is 35.8 Å². The highest BCUT2D eigenvalue weighted by atomic mass is 16.6. The van der Waals surface area contributed by atoms with E-state index in [0.717, 1.165) is 23.1 Å². The number of hydrogen-bond donors (Lipinski definition) is 0. The van der Waals surface area contributed by atoms with Gasteiger partial charge in [0.25, 0.3) is 0 Å². The number of aryl methyl sites for hydroxylation is 1. The van der Waals surface area contributed by atoms with E-state index in [1.54, 1.807) is 0 Å². The van der Waals surface area contributed by atoms with Gasteiger partial charge >= 0.3 is 11.9 Å². The molecule has 0 amide bonds. The molecule has 0 aliphatic carbocycles. The molecule has 0 saturated heterocycles. The highest BCUT2D eigenvalue weighted by molar-refractivity contribution is 6.11.